The van der Waals surface area contributed by atoms with Crippen molar-refractivity contribution in [1.29, 1.82) is 0 Å². The van der Waals surface area contributed by atoms with Gasteiger partial charge in [0.2, 0.25) is 0 Å². The molecule has 0 aliphatic carbocycles. The van der Waals surface area contributed by atoms with Crippen molar-refractivity contribution >= 4 is 28.7 Å². The van der Waals surface area contributed by atoms with Gasteiger partial charge in [0.05, 0.1) is 18.3 Å². The molecule has 0 radical (unpaired) electrons. The van der Waals surface area contributed by atoms with E-state index in [4.69, 9.17) is 9.26 Å². The Hall–Kier alpha value is -3.26. The van der Waals surface area contributed by atoms with Crippen LogP contribution in [0.4, 0.5) is 0 Å². The summed E-state index contributed by atoms with van der Waals surface area (Å²) in [5.41, 5.74) is 4.79. The van der Waals surface area contributed by atoms with Crippen LogP contribution in [0.3, 0.4) is 0 Å². The number of hydrogen-bond acceptors (Lipinski definition) is 7. The minimum Gasteiger partial charge on any atom is -0.490 e. The normalized spacial score (nSPS) is 15.4. The molecule has 3 heterocycles. The van der Waals surface area contributed by atoms with Crippen molar-refractivity contribution in [3.05, 3.63) is 59.3 Å². The van der Waals surface area contributed by atoms with Crippen LogP contribution in [0.5, 0.6) is 5.75 Å². The fourth-order valence-corrected chi connectivity index (χ4v) is 3.80. The minimum absolute atomic E-state index is 0.195. The van der Waals surface area contributed by atoms with E-state index in [2.05, 4.69) is 32.2 Å². The van der Waals surface area contributed by atoms with E-state index in [1.165, 1.54) is 5.56 Å². The lowest BCUT2D eigenvalue weighted by Crippen LogP contribution is -2.22. The van der Waals surface area contributed by atoms with E-state index in [-0.39, 0.29) is 18.6 Å². The third-order valence-corrected chi connectivity index (χ3v) is 5.25. The summed E-state index contributed by atoms with van der Waals surface area (Å²) in [6, 6.07) is 13.1. The van der Waals surface area contributed by atoms with Gasteiger partial charge in [-0.15, -0.1) is 0 Å². The number of nitrogens with one attached hydrogen (secondary N) is 1. The van der Waals surface area contributed by atoms with Gasteiger partial charge in [-0.05, 0) is 36.8 Å². The lowest BCUT2D eigenvalue weighted by atomic mass is 10.1. The van der Waals surface area contributed by atoms with Crippen molar-refractivity contribution in [3.63, 3.8) is 0 Å². The van der Waals surface area contributed by atoms with Gasteiger partial charge in [-0.2, -0.15) is 8.75 Å². The van der Waals surface area contributed by atoms with Crippen LogP contribution in [-0.2, 0) is 13.0 Å². The maximum atomic E-state index is 12.4. The Morgan fingerprint density at radius 2 is 2.07 bits per heavy atom. The van der Waals surface area contributed by atoms with Crippen LogP contribution in [0.2, 0.25) is 0 Å². The number of aromatic nitrogens is 3. The van der Waals surface area contributed by atoms with E-state index in [0.717, 1.165) is 40.5 Å². The fraction of sp³-hybridized carbons (Fsp3) is 0.200. The van der Waals surface area contributed by atoms with Crippen LogP contribution in [-0.4, -0.2) is 25.9 Å². The van der Waals surface area contributed by atoms with Crippen molar-refractivity contribution in [1.82, 2.24) is 19.2 Å². The Bertz CT molecular complexity index is 1180. The SMILES string of the molecule is CC1Cc2ccc(-c3cc(CNC(=O)c4ccc5nsnc5c4)no3)cc2O1. The highest BCUT2D eigenvalue weighted by Crippen LogP contribution is 2.33. The molecule has 1 unspecified atom stereocenters. The average molecular weight is 392 g/mol. The Balaban J connectivity index is 1.28. The number of nitrogens with zero attached hydrogens (tertiary/aromatic N) is 3. The zero-order valence-electron chi connectivity index (χ0n) is 15.0. The number of rotatable bonds is 4. The standard InChI is InChI=1S/C20H16N4O3S/c1-11-6-12-2-3-13(8-18(12)26-11)19-9-15(22-27-19)10-21-20(25)14-4-5-16-17(7-14)24-28-23-16/h2-5,7-9,11H,6,10H2,1H3,(H,21,25). The number of fused-ring (bicyclic) bond motifs is 2. The molecule has 8 heteroatoms. The summed E-state index contributed by atoms with van der Waals surface area (Å²) in [5.74, 6) is 1.34. The molecular formula is C20H16N4O3S. The molecule has 1 amide bonds. The smallest absolute Gasteiger partial charge is 0.251 e. The molecule has 140 valence electrons. The summed E-state index contributed by atoms with van der Waals surface area (Å²) < 4.78 is 19.5. The Kier molecular flexibility index (Phi) is 4.05. The molecule has 2 aromatic carbocycles. The van der Waals surface area contributed by atoms with E-state index >= 15 is 0 Å². The number of hydrogen-bond donors (Lipinski definition) is 1. The quantitative estimate of drug-likeness (QED) is 0.571. The van der Waals surface area contributed by atoms with Crippen LogP contribution in [0.25, 0.3) is 22.4 Å². The molecule has 2 aromatic heterocycles. The van der Waals surface area contributed by atoms with Gasteiger partial charge in [0.15, 0.2) is 5.76 Å². The topological polar surface area (TPSA) is 90.1 Å². The molecule has 1 N–H and O–H groups in total. The summed E-state index contributed by atoms with van der Waals surface area (Å²) in [7, 11) is 0. The number of amides is 1. The highest BCUT2D eigenvalue weighted by Gasteiger charge is 2.20. The second-order valence-corrected chi connectivity index (χ2v) is 7.32. The Morgan fingerprint density at radius 1 is 1.18 bits per heavy atom. The monoisotopic (exact) mass is 392 g/mol. The van der Waals surface area contributed by atoms with E-state index in [1.807, 2.05) is 18.2 Å². The molecule has 28 heavy (non-hydrogen) atoms. The molecule has 4 aromatic rings. The molecule has 0 spiro atoms. The van der Waals surface area contributed by atoms with Gasteiger partial charge < -0.3 is 14.6 Å². The maximum absolute atomic E-state index is 12.4. The highest BCUT2D eigenvalue weighted by atomic mass is 32.1. The summed E-state index contributed by atoms with van der Waals surface area (Å²) in [4.78, 5) is 12.4. The van der Waals surface area contributed by atoms with Crippen LogP contribution in [0.1, 0.15) is 28.5 Å². The third-order valence-electron chi connectivity index (χ3n) is 4.69. The number of ether oxygens (including phenoxy) is 1. The largest absolute Gasteiger partial charge is 0.490 e. The summed E-state index contributed by atoms with van der Waals surface area (Å²) >= 11 is 1.13. The second kappa shape index (κ2) is 6.72. The van der Waals surface area contributed by atoms with Gasteiger partial charge in [0.1, 0.15) is 28.6 Å². The van der Waals surface area contributed by atoms with Crippen molar-refractivity contribution < 1.29 is 14.1 Å². The van der Waals surface area contributed by atoms with Crippen molar-refractivity contribution in [3.8, 4) is 17.1 Å². The van der Waals surface area contributed by atoms with Crippen LogP contribution < -0.4 is 10.1 Å². The Morgan fingerprint density at radius 3 is 3.00 bits per heavy atom. The molecule has 7 nitrogen and oxygen atoms in total. The molecule has 0 fully saturated rings. The predicted octanol–water partition coefficient (Wildman–Crippen LogP) is 3.60. The van der Waals surface area contributed by atoms with Crippen molar-refractivity contribution in [2.45, 2.75) is 26.0 Å². The maximum Gasteiger partial charge on any atom is 0.251 e. The van der Waals surface area contributed by atoms with E-state index in [0.29, 0.717) is 17.0 Å². The van der Waals surface area contributed by atoms with Crippen LogP contribution >= 0.6 is 11.7 Å². The zero-order chi connectivity index (χ0) is 19.1. The highest BCUT2D eigenvalue weighted by molar-refractivity contribution is 7.00. The minimum atomic E-state index is -0.195. The lowest BCUT2D eigenvalue weighted by Gasteiger charge is -2.03. The van der Waals surface area contributed by atoms with Crippen molar-refractivity contribution in [2.75, 3.05) is 0 Å². The van der Waals surface area contributed by atoms with Crippen LogP contribution in [0.15, 0.2) is 47.0 Å². The van der Waals surface area contributed by atoms with E-state index in [9.17, 15) is 4.79 Å². The first-order chi connectivity index (χ1) is 13.7. The van der Waals surface area contributed by atoms with Crippen molar-refractivity contribution in [2.24, 2.45) is 0 Å². The first-order valence-corrected chi connectivity index (χ1v) is 9.65. The third kappa shape index (κ3) is 3.11. The van der Waals surface area contributed by atoms with Gasteiger partial charge in [-0.3, -0.25) is 4.79 Å². The molecule has 1 aliphatic rings. The number of carbonyl (C=O) groups excluding carboxylic acids is 1. The summed E-state index contributed by atoms with van der Waals surface area (Å²) in [5, 5.41) is 6.91. The number of carbonyl (C=O) groups is 1. The van der Waals surface area contributed by atoms with Crippen LogP contribution in [0, 0.1) is 0 Å². The van der Waals surface area contributed by atoms with Gasteiger partial charge in [-0.1, -0.05) is 17.3 Å². The number of benzene rings is 2. The van der Waals surface area contributed by atoms with Gasteiger partial charge in [0, 0.05) is 23.6 Å². The zero-order valence-corrected chi connectivity index (χ0v) is 15.8. The average Bonchev–Trinajstić information content (AvgIpc) is 3.43. The van der Waals surface area contributed by atoms with E-state index < -0.39 is 0 Å². The molecule has 0 saturated carbocycles. The fourth-order valence-electron chi connectivity index (χ4n) is 3.28. The molecule has 0 saturated heterocycles. The van der Waals surface area contributed by atoms with Gasteiger partial charge in [0.25, 0.3) is 5.91 Å². The Labute approximate surface area is 164 Å². The predicted molar refractivity (Wildman–Crippen MR) is 104 cm³/mol. The molecular weight excluding hydrogens is 376 g/mol. The lowest BCUT2D eigenvalue weighted by molar-refractivity contribution is 0.0950. The molecule has 1 atom stereocenters. The van der Waals surface area contributed by atoms with Gasteiger partial charge in [-0.25, -0.2) is 0 Å². The first-order valence-electron chi connectivity index (χ1n) is 8.92. The summed E-state index contributed by atoms with van der Waals surface area (Å²) in [6.45, 7) is 2.33. The first kappa shape index (κ1) is 16.9. The molecule has 0 bridgehead atoms. The van der Waals surface area contributed by atoms with Gasteiger partial charge >= 0.3 is 0 Å². The molecule has 5 rings (SSSR count). The summed E-state index contributed by atoms with van der Waals surface area (Å²) in [6.07, 6.45) is 1.12. The second-order valence-electron chi connectivity index (χ2n) is 6.79. The molecule has 1 aliphatic heterocycles. The van der Waals surface area contributed by atoms with E-state index in [1.54, 1.807) is 18.2 Å².